The lowest BCUT2D eigenvalue weighted by atomic mass is 9.97. The average molecular weight is 369 g/mol. The molecule has 0 spiro atoms. The second-order valence-corrected chi connectivity index (χ2v) is 6.81. The summed E-state index contributed by atoms with van der Waals surface area (Å²) < 4.78 is 30.4. The molecule has 1 aliphatic rings. The molecule has 1 aliphatic heterocycles. The van der Waals surface area contributed by atoms with Crippen molar-refractivity contribution in [3.05, 3.63) is 59.9 Å². The summed E-state index contributed by atoms with van der Waals surface area (Å²) in [6.45, 7) is 9.42. The van der Waals surface area contributed by atoms with Crippen molar-refractivity contribution >= 4 is 11.5 Å². The van der Waals surface area contributed by atoms with Crippen LogP contribution in [0.25, 0.3) is 17.0 Å². The predicted molar refractivity (Wildman–Crippen MR) is 101 cm³/mol. The third kappa shape index (κ3) is 2.74. The minimum absolute atomic E-state index is 0.107. The fraction of sp³-hybridized carbons (Fsp3) is 0.300. The topological polar surface area (TPSA) is 49.7 Å². The molecule has 4 rings (SSSR count). The number of nitrogens with one attached hydrogen (secondary N) is 1. The van der Waals surface area contributed by atoms with Crippen LogP contribution in [0.15, 0.2) is 37.2 Å². The fourth-order valence-corrected chi connectivity index (χ4v) is 3.58. The van der Waals surface area contributed by atoms with E-state index in [1.165, 1.54) is 18.2 Å². The van der Waals surface area contributed by atoms with E-state index in [4.69, 9.17) is 0 Å². The summed E-state index contributed by atoms with van der Waals surface area (Å²) in [7, 11) is 0. The van der Waals surface area contributed by atoms with Gasteiger partial charge in [-0.15, -0.1) is 0 Å². The molecular formula is C20H21F2N5. The van der Waals surface area contributed by atoms with Crippen LogP contribution in [0, 0.1) is 11.6 Å². The maximum absolute atomic E-state index is 14.3. The van der Waals surface area contributed by atoms with Crippen LogP contribution in [0.2, 0.25) is 0 Å². The minimum atomic E-state index is -0.624. The maximum Gasteiger partial charge on any atom is 0.140 e. The molecular weight excluding hydrogens is 348 g/mol. The Bertz CT molecular complexity index is 983. The van der Waals surface area contributed by atoms with Gasteiger partial charge in [-0.1, -0.05) is 26.5 Å². The molecule has 0 unspecified atom stereocenters. The molecule has 0 aliphatic carbocycles. The van der Waals surface area contributed by atoms with Crippen LogP contribution < -0.4 is 4.90 Å². The first-order chi connectivity index (χ1) is 13.0. The van der Waals surface area contributed by atoms with E-state index in [1.807, 2.05) is 15.8 Å². The number of H-pyrrole nitrogens is 1. The Hall–Kier alpha value is -2.96. The van der Waals surface area contributed by atoms with Crippen molar-refractivity contribution in [3.8, 4) is 11.3 Å². The fourth-order valence-electron chi connectivity index (χ4n) is 3.58. The molecule has 7 heteroatoms. The summed E-state index contributed by atoms with van der Waals surface area (Å²) in [5.41, 5.74) is 3.03. The van der Waals surface area contributed by atoms with Crippen LogP contribution in [-0.4, -0.2) is 26.5 Å². The van der Waals surface area contributed by atoms with Gasteiger partial charge in [0.05, 0.1) is 35.8 Å². The Kier molecular flexibility index (Phi) is 4.30. The Balaban J connectivity index is 1.79. The largest absolute Gasteiger partial charge is 0.324 e. The van der Waals surface area contributed by atoms with Gasteiger partial charge in [0.1, 0.15) is 17.5 Å². The summed E-state index contributed by atoms with van der Waals surface area (Å²) in [6.07, 6.45) is 4.58. The van der Waals surface area contributed by atoms with Crippen LogP contribution in [0.3, 0.4) is 0 Å². The maximum atomic E-state index is 14.3. The zero-order chi connectivity index (χ0) is 19.1. The van der Waals surface area contributed by atoms with E-state index in [-0.39, 0.29) is 11.3 Å². The first-order valence-electron chi connectivity index (χ1n) is 9.03. The molecule has 0 bridgehead atoms. The van der Waals surface area contributed by atoms with Crippen molar-refractivity contribution < 1.29 is 8.78 Å². The van der Waals surface area contributed by atoms with Crippen LogP contribution in [0.4, 0.5) is 14.6 Å². The normalized spacial score (nSPS) is 14.4. The SMILES string of the molecule is C=C(c1c(F)cccc1F)N1CCn2ncc(-c3[nH]ncc3[C@H](C)CC)c21. The smallest absolute Gasteiger partial charge is 0.140 e. The zero-order valence-corrected chi connectivity index (χ0v) is 15.3. The molecule has 0 fully saturated rings. The molecule has 0 saturated heterocycles. The van der Waals surface area contributed by atoms with Crippen molar-refractivity contribution in [1.29, 1.82) is 0 Å². The molecule has 0 radical (unpaired) electrons. The Morgan fingerprint density at radius 3 is 2.70 bits per heavy atom. The van der Waals surface area contributed by atoms with Crippen LogP contribution >= 0.6 is 0 Å². The third-order valence-corrected chi connectivity index (χ3v) is 5.26. The van der Waals surface area contributed by atoms with Crippen molar-refractivity contribution in [1.82, 2.24) is 20.0 Å². The molecule has 2 aromatic heterocycles. The molecule has 0 amide bonds. The zero-order valence-electron chi connectivity index (χ0n) is 15.3. The van der Waals surface area contributed by atoms with Gasteiger partial charge in [0.25, 0.3) is 0 Å². The molecule has 0 saturated carbocycles. The van der Waals surface area contributed by atoms with Crippen molar-refractivity contribution in [2.24, 2.45) is 0 Å². The van der Waals surface area contributed by atoms with Gasteiger partial charge in [0.2, 0.25) is 0 Å². The number of benzene rings is 1. The highest BCUT2D eigenvalue weighted by Crippen LogP contribution is 2.40. The molecule has 3 aromatic rings. The number of fused-ring (bicyclic) bond motifs is 1. The lowest BCUT2D eigenvalue weighted by molar-refractivity contribution is 0.576. The van der Waals surface area contributed by atoms with Crippen LogP contribution in [0.1, 0.15) is 37.3 Å². The molecule has 1 aromatic carbocycles. The number of hydrogen-bond donors (Lipinski definition) is 1. The standard InChI is InChI=1S/C20H21F2N5/c1-4-12(2)14-10-23-25-19(14)15-11-24-27-9-8-26(20(15)27)13(3)18-16(21)6-5-7-17(18)22/h5-7,10-12H,3-4,8-9H2,1-2H3,(H,23,25)/t12-/m1/s1. The highest BCUT2D eigenvalue weighted by atomic mass is 19.1. The van der Waals surface area contributed by atoms with Crippen LogP contribution in [-0.2, 0) is 6.54 Å². The average Bonchev–Trinajstić information content (AvgIpc) is 3.36. The van der Waals surface area contributed by atoms with Crippen LogP contribution in [0.5, 0.6) is 0 Å². The number of anilines is 1. The molecule has 1 N–H and O–H groups in total. The lowest BCUT2D eigenvalue weighted by Gasteiger charge is -2.22. The lowest BCUT2D eigenvalue weighted by Crippen LogP contribution is -2.20. The van der Waals surface area contributed by atoms with Gasteiger partial charge >= 0.3 is 0 Å². The van der Waals surface area contributed by atoms with E-state index >= 15 is 0 Å². The number of aromatic nitrogens is 4. The van der Waals surface area contributed by atoms with E-state index < -0.39 is 11.6 Å². The number of halogens is 2. The van der Waals surface area contributed by atoms with E-state index in [0.29, 0.717) is 19.0 Å². The predicted octanol–water partition coefficient (Wildman–Crippen LogP) is 4.56. The Morgan fingerprint density at radius 1 is 1.26 bits per heavy atom. The van der Waals surface area contributed by atoms with Gasteiger partial charge in [-0.25, -0.2) is 13.5 Å². The van der Waals surface area contributed by atoms with Gasteiger partial charge in [0, 0.05) is 17.8 Å². The first kappa shape index (κ1) is 17.5. The number of hydrogen-bond acceptors (Lipinski definition) is 3. The van der Waals surface area contributed by atoms with Crippen molar-refractivity contribution in [2.45, 2.75) is 32.7 Å². The van der Waals surface area contributed by atoms with Gasteiger partial charge < -0.3 is 4.90 Å². The molecule has 5 nitrogen and oxygen atoms in total. The minimum Gasteiger partial charge on any atom is -0.324 e. The highest BCUT2D eigenvalue weighted by molar-refractivity contribution is 5.86. The third-order valence-electron chi connectivity index (χ3n) is 5.26. The molecule has 3 heterocycles. The summed E-state index contributed by atoms with van der Waals surface area (Å²) in [5.74, 6) is -0.143. The summed E-state index contributed by atoms with van der Waals surface area (Å²) in [5, 5.41) is 11.7. The molecule has 27 heavy (non-hydrogen) atoms. The van der Waals surface area contributed by atoms with Gasteiger partial charge in [-0.3, -0.25) is 5.10 Å². The van der Waals surface area contributed by atoms with Gasteiger partial charge in [-0.05, 0) is 24.5 Å². The number of nitrogens with zero attached hydrogens (tertiary/aromatic N) is 4. The Labute approximate surface area is 156 Å². The second kappa shape index (κ2) is 6.64. The highest BCUT2D eigenvalue weighted by Gasteiger charge is 2.31. The molecule has 140 valence electrons. The molecule has 1 atom stereocenters. The quantitative estimate of drug-likeness (QED) is 0.717. The monoisotopic (exact) mass is 369 g/mol. The first-order valence-corrected chi connectivity index (χ1v) is 9.03. The van der Waals surface area contributed by atoms with Crippen molar-refractivity contribution in [2.75, 3.05) is 11.4 Å². The Morgan fingerprint density at radius 2 is 2.00 bits per heavy atom. The summed E-state index contributed by atoms with van der Waals surface area (Å²) >= 11 is 0. The van der Waals surface area contributed by atoms with E-state index in [9.17, 15) is 8.78 Å². The van der Waals surface area contributed by atoms with Crippen molar-refractivity contribution in [3.63, 3.8) is 0 Å². The summed E-state index contributed by atoms with van der Waals surface area (Å²) in [6, 6.07) is 3.84. The number of aromatic amines is 1. The second-order valence-electron chi connectivity index (χ2n) is 6.81. The van der Waals surface area contributed by atoms with E-state index in [2.05, 4.69) is 35.7 Å². The van der Waals surface area contributed by atoms with E-state index in [1.54, 1.807) is 6.20 Å². The number of rotatable bonds is 5. The van der Waals surface area contributed by atoms with Gasteiger partial charge in [-0.2, -0.15) is 10.2 Å². The van der Waals surface area contributed by atoms with E-state index in [0.717, 1.165) is 29.1 Å². The summed E-state index contributed by atoms with van der Waals surface area (Å²) in [4.78, 5) is 1.82. The van der Waals surface area contributed by atoms with Gasteiger partial charge in [0.15, 0.2) is 0 Å².